The molecule has 0 aromatic rings. The first-order valence-corrected chi connectivity index (χ1v) is 6.02. The molecule has 0 rings (SSSR count). The van der Waals surface area contributed by atoms with E-state index in [1.54, 1.807) is 0 Å². The van der Waals surface area contributed by atoms with Crippen molar-refractivity contribution in [2.45, 2.75) is 53.1 Å². The molecule has 0 aromatic carbocycles. The first-order chi connectivity index (χ1) is 6.62. The topological polar surface area (TPSA) is 15.3 Å². The lowest BCUT2D eigenvalue weighted by atomic mass is 9.44. The van der Waals surface area contributed by atoms with Gasteiger partial charge in [0, 0.05) is 20.6 Å². The molecular formula is C11H29BN2. The van der Waals surface area contributed by atoms with Gasteiger partial charge in [-0.25, -0.2) is 0 Å². The molecule has 0 aromatic heterocycles. The van der Waals surface area contributed by atoms with Gasteiger partial charge in [-0.1, -0.05) is 46.7 Å². The Labute approximate surface area is 91.5 Å². The highest BCUT2D eigenvalue weighted by molar-refractivity contribution is 6.58. The van der Waals surface area contributed by atoms with Crippen LogP contribution in [0.2, 0.25) is 19.0 Å². The number of hydrogen-bond donors (Lipinski definition) is 1. The Morgan fingerprint density at radius 2 is 1.36 bits per heavy atom. The van der Waals surface area contributed by atoms with E-state index in [4.69, 9.17) is 0 Å². The van der Waals surface area contributed by atoms with Gasteiger partial charge in [0.05, 0.1) is 0 Å². The van der Waals surface area contributed by atoms with Crippen molar-refractivity contribution in [2.24, 2.45) is 0 Å². The van der Waals surface area contributed by atoms with E-state index in [2.05, 4.69) is 33.1 Å². The second kappa shape index (κ2) is 13.0. The van der Waals surface area contributed by atoms with Crippen LogP contribution in [0.4, 0.5) is 0 Å². The molecule has 0 fully saturated rings. The first-order valence-electron chi connectivity index (χ1n) is 6.02. The Hall–Kier alpha value is -0.0151. The molecule has 0 saturated carbocycles. The molecule has 14 heavy (non-hydrogen) atoms. The van der Waals surface area contributed by atoms with Crippen LogP contribution in [-0.4, -0.2) is 32.4 Å². The predicted octanol–water partition coefficient (Wildman–Crippen LogP) is 3.00. The van der Waals surface area contributed by atoms with Crippen molar-refractivity contribution in [1.29, 1.82) is 0 Å². The van der Waals surface area contributed by atoms with E-state index < -0.39 is 0 Å². The van der Waals surface area contributed by atoms with Crippen molar-refractivity contribution in [3.8, 4) is 0 Å². The van der Waals surface area contributed by atoms with Crippen LogP contribution in [0.5, 0.6) is 0 Å². The highest BCUT2D eigenvalue weighted by atomic mass is 15.5. The van der Waals surface area contributed by atoms with Crippen LogP contribution in [0.15, 0.2) is 0 Å². The summed E-state index contributed by atoms with van der Waals surface area (Å²) >= 11 is 0. The summed E-state index contributed by atoms with van der Waals surface area (Å²) in [4.78, 5) is 0. The molecule has 0 aliphatic rings. The molecule has 0 aliphatic heterocycles. The molecule has 0 bridgehead atoms. The van der Waals surface area contributed by atoms with Crippen molar-refractivity contribution in [3.63, 3.8) is 0 Å². The smallest absolute Gasteiger partial charge is 0.139 e. The fourth-order valence-corrected chi connectivity index (χ4v) is 1.20. The average molecular weight is 200 g/mol. The van der Waals surface area contributed by atoms with Crippen LogP contribution in [0.25, 0.3) is 0 Å². The monoisotopic (exact) mass is 200 g/mol. The van der Waals surface area contributed by atoms with E-state index in [1.165, 1.54) is 25.4 Å². The Morgan fingerprint density at radius 3 is 1.43 bits per heavy atom. The molecule has 0 radical (unpaired) electrons. The fraction of sp³-hybridized carbons (Fsp3) is 1.00. The largest absolute Gasteiger partial charge is 0.256 e. The lowest BCUT2D eigenvalue weighted by molar-refractivity contribution is 0.291. The van der Waals surface area contributed by atoms with Crippen molar-refractivity contribution in [1.82, 2.24) is 10.4 Å². The SMILES string of the molecule is CCB(CC)CC.CCCNN(C)C. The Morgan fingerprint density at radius 1 is 0.929 bits per heavy atom. The molecule has 0 heterocycles. The van der Waals surface area contributed by atoms with E-state index in [0.717, 1.165) is 13.3 Å². The summed E-state index contributed by atoms with van der Waals surface area (Å²) in [6, 6.07) is 0. The minimum atomic E-state index is 0.986. The standard InChI is InChI=1S/C6H15B.C5H14N2/c1-4-7(5-2)6-3;1-4-5-6-7(2)3/h4-6H2,1-3H3;6H,4-5H2,1-3H3. The zero-order valence-electron chi connectivity index (χ0n) is 11.1. The second-order valence-corrected chi connectivity index (χ2v) is 3.89. The zero-order valence-corrected chi connectivity index (χ0v) is 11.1. The third kappa shape index (κ3) is 14.5. The van der Waals surface area contributed by atoms with Crippen molar-refractivity contribution in [3.05, 3.63) is 0 Å². The third-order valence-electron chi connectivity index (χ3n) is 2.41. The van der Waals surface area contributed by atoms with Gasteiger partial charge in [0.25, 0.3) is 0 Å². The van der Waals surface area contributed by atoms with Crippen molar-refractivity contribution < 1.29 is 0 Å². The Balaban J connectivity index is 0. The van der Waals surface area contributed by atoms with Crippen LogP contribution >= 0.6 is 0 Å². The van der Waals surface area contributed by atoms with Crippen LogP contribution in [0.1, 0.15) is 34.1 Å². The molecular weight excluding hydrogens is 171 g/mol. The fourth-order valence-electron chi connectivity index (χ4n) is 1.20. The van der Waals surface area contributed by atoms with Crippen LogP contribution in [0.3, 0.4) is 0 Å². The quantitative estimate of drug-likeness (QED) is 0.523. The highest BCUT2D eigenvalue weighted by Crippen LogP contribution is 2.01. The number of hydrogen-bond acceptors (Lipinski definition) is 2. The number of nitrogens with one attached hydrogen (secondary N) is 1. The summed E-state index contributed by atoms with van der Waals surface area (Å²) in [5, 5.41) is 1.96. The highest BCUT2D eigenvalue weighted by Gasteiger charge is 2.01. The lowest BCUT2D eigenvalue weighted by Crippen LogP contribution is -2.30. The van der Waals surface area contributed by atoms with Gasteiger partial charge in [0.15, 0.2) is 0 Å². The van der Waals surface area contributed by atoms with Gasteiger partial charge >= 0.3 is 0 Å². The minimum absolute atomic E-state index is 0.986. The van der Waals surface area contributed by atoms with E-state index in [1.807, 2.05) is 19.1 Å². The van der Waals surface area contributed by atoms with Crippen LogP contribution in [-0.2, 0) is 0 Å². The molecule has 0 unspecified atom stereocenters. The average Bonchev–Trinajstić information content (AvgIpc) is 2.18. The summed E-state index contributed by atoms with van der Waals surface area (Å²) in [5.41, 5.74) is 3.13. The molecule has 2 nitrogen and oxygen atoms in total. The van der Waals surface area contributed by atoms with E-state index in [-0.39, 0.29) is 0 Å². The van der Waals surface area contributed by atoms with Gasteiger partial charge in [-0.15, -0.1) is 0 Å². The summed E-state index contributed by atoms with van der Waals surface area (Å²) in [7, 11) is 3.99. The van der Waals surface area contributed by atoms with Gasteiger partial charge in [-0.2, -0.15) is 0 Å². The molecule has 0 aliphatic carbocycles. The van der Waals surface area contributed by atoms with Gasteiger partial charge in [-0.05, 0) is 6.42 Å². The van der Waals surface area contributed by atoms with Gasteiger partial charge < -0.3 is 0 Å². The summed E-state index contributed by atoms with van der Waals surface area (Å²) in [6.07, 6.45) is 5.26. The number of hydrazine groups is 1. The maximum absolute atomic E-state index is 3.13. The molecule has 0 spiro atoms. The number of rotatable bonds is 6. The molecule has 3 heteroatoms. The van der Waals surface area contributed by atoms with Gasteiger partial charge in [0.2, 0.25) is 0 Å². The molecule has 86 valence electrons. The van der Waals surface area contributed by atoms with E-state index in [9.17, 15) is 0 Å². The van der Waals surface area contributed by atoms with E-state index >= 15 is 0 Å². The second-order valence-electron chi connectivity index (χ2n) is 3.89. The molecule has 0 saturated heterocycles. The summed E-state index contributed by atoms with van der Waals surface area (Å²) in [6.45, 7) is 11.0. The minimum Gasteiger partial charge on any atom is -0.256 e. The summed E-state index contributed by atoms with van der Waals surface area (Å²) in [5.74, 6) is 0. The normalized spacial score (nSPS) is 9.64. The Bertz CT molecular complexity index is 87.8. The first kappa shape index (κ1) is 16.4. The maximum Gasteiger partial charge on any atom is 0.139 e. The van der Waals surface area contributed by atoms with Crippen molar-refractivity contribution in [2.75, 3.05) is 20.6 Å². The predicted molar refractivity (Wildman–Crippen MR) is 69.2 cm³/mol. The van der Waals surface area contributed by atoms with E-state index in [0.29, 0.717) is 0 Å². The third-order valence-corrected chi connectivity index (χ3v) is 2.41. The molecule has 0 amide bonds. The molecule has 0 atom stereocenters. The van der Waals surface area contributed by atoms with Gasteiger partial charge in [-0.3, -0.25) is 10.4 Å². The van der Waals surface area contributed by atoms with Crippen LogP contribution in [0, 0.1) is 0 Å². The van der Waals surface area contributed by atoms with Gasteiger partial charge in [0.1, 0.15) is 6.71 Å². The zero-order chi connectivity index (χ0) is 11.4. The van der Waals surface area contributed by atoms with Crippen molar-refractivity contribution >= 4 is 6.71 Å². The molecule has 1 N–H and O–H groups in total. The van der Waals surface area contributed by atoms with Crippen LogP contribution < -0.4 is 5.43 Å². The lowest BCUT2D eigenvalue weighted by Gasteiger charge is -2.08. The summed E-state index contributed by atoms with van der Waals surface area (Å²) < 4.78 is 0. The maximum atomic E-state index is 3.13. The Kier molecular flexibility index (Phi) is 15.2. The number of nitrogens with zero attached hydrogens (tertiary/aromatic N) is 1.